The van der Waals surface area contributed by atoms with E-state index in [9.17, 15) is 4.79 Å². The summed E-state index contributed by atoms with van der Waals surface area (Å²) in [4.78, 5) is 16.3. The first-order valence-corrected chi connectivity index (χ1v) is 6.84. The Labute approximate surface area is 109 Å². The van der Waals surface area contributed by atoms with Crippen molar-refractivity contribution in [2.45, 2.75) is 25.9 Å². The smallest absolute Gasteiger partial charge is 0.253 e. The molecule has 1 N–H and O–H groups in total. The van der Waals surface area contributed by atoms with Crippen molar-refractivity contribution in [3.8, 4) is 0 Å². The van der Waals surface area contributed by atoms with Crippen LogP contribution in [0.1, 0.15) is 17.8 Å². The summed E-state index contributed by atoms with van der Waals surface area (Å²) < 4.78 is 6.49. The Hall–Kier alpha value is -1.46. The molecule has 1 unspecified atom stereocenters. The summed E-state index contributed by atoms with van der Waals surface area (Å²) in [6.45, 7) is 2.66. The Kier molecular flexibility index (Phi) is 3.01. The van der Waals surface area contributed by atoms with E-state index in [1.165, 1.54) is 0 Å². The van der Waals surface area contributed by atoms with Crippen LogP contribution in [0.15, 0.2) is 18.2 Å². The molecule has 1 aliphatic heterocycles. The van der Waals surface area contributed by atoms with Gasteiger partial charge in [-0.1, -0.05) is 0 Å². The maximum atomic E-state index is 11.9. The third-order valence-electron chi connectivity index (χ3n) is 2.98. The predicted octanol–water partition coefficient (Wildman–Crippen LogP) is 2.72. The molecule has 2 aromatic rings. The second-order valence-electron chi connectivity index (χ2n) is 4.41. The van der Waals surface area contributed by atoms with Crippen LogP contribution in [0.25, 0.3) is 10.2 Å². The highest BCUT2D eigenvalue weighted by atomic mass is 32.1. The fraction of sp³-hybridized carbons (Fsp3) is 0.385. The summed E-state index contributed by atoms with van der Waals surface area (Å²) in [7, 11) is 0. The molecule has 94 valence electrons. The number of benzene rings is 1. The molecule has 18 heavy (non-hydrogen) atoms. The third kappa shape index (κ3) is 2.23. The third-order valence-corrected chi connectivity index (χ3v) is 3.94. The molecule has 1 aliphatic rings. The quantitative estimate of drug-likeness (QED) is 0.905. The molecule has 0 spiro atoms. The lowest BCUT2D eigenvalue weighted by Gasteiger charge is -2.10. The summed E-state index contributed by atoms with van der Waals surface area (Å²) in [5, 5.41) is 3.92. The van der Waals surface area contributed by atoms with E-state index in [0.29, 0.717) is 6.61 Å². The Morgan fingerprint density at radius 1 is 1.56 bits per heavy atom. The number of nitrogens with zero attached hydrogens (tertiary/aromatic N) is 1. The first kappa shape index (κ1) is 11.6. The Morgan fingerprint density at radius 3 is 3.22 bits per heavy atom. The zero-order valence-corrected chi connectivity index (χ0v) is 10.9. The molecular weight excluding hydrogens is 248 g/mol. The maximum Gasteiger partial charge on any atom is 0.253 e. The van der Waals surface area contributed by atoms with E-state index >= 15 is 0 Å². The number of carbonyl (C=O) groups excluding carboxylic acids is 1. The molecule has 2 heterocycles. The predicted molar refractivity (Wildman–Crippen MR) is 72.0 cm³/mol. The number of amides is 1. The van der Waals surface area contributed by atoms with Crippen molar-refractivity contribution in [1.82, 2.24) is 4.98 Å². The lowest BCUT2D eigenvalue weighted by Crippen LogP contribution is -2.26. The number of rotatable bonds is 2. The number of ether oxygens (including phenoxy) is 1. The van der Waals surface area contributed by atoms with Gasteiger partial charge in [0.15, 0.2) is 0 Å². The summed E-state index contributed by atoms with van der Waals surface area (Å²) in [6, 6.07) is 5.81. The highest BCUT2D eigenvalue weighted by molar-refractivity contribution is 7.18. The van der Waals surface area contributed by atoms with Crippen molar-refractivity contribution in [2.75, 3.05) is 11.9 Å². The summed E-state index contributed by atoms with van der Waals surface area (Å²) in [5.41, 5.74) is 1.72. The Morgan fingerprint density at radius 2 is 2.44 bits per heavy atom. The standard InChI is InChI=1S/C13H14N2O2S/c1-8-14-10-7-9(4-5-12(10)18-8)15-13(16)11-3-2-6-17-11/h4-5,7,11H,2-3,6H2,1H3,(H,15,16). The number of hydrogen-bond donors (Lipinski definition) is 1. The summed E-state index contributed by atoms with van der Waals surface area (Å²) >= 11 is 1.66. The molecule has 1 fully saturated rings. The van der Waals surface area contributed by atoms with Crippen LogP contribution in [-0.4, -0.2) is 23.6 Å². The molecule has 1 atom stereocenters. The molecule has 0 radical (unpaired) electrons. The van der Waals surface area contributed by atoms with Crippen molar-refractivity contribution < 1.29 is 9.53 Å². The molecular formula is C13H14N2O2S. The normalized spacial score (nSPS) is 19.3. The van der Waals surface area contributed by atoms with Gasteiger partial charge in [0, 0.05) is 12.3 Å². The lowest BCUT2D eigenvalue weighted by molar-refractivity contribution is -0.124. The van der Waals surface area contributed by atoms with Crippen LogP contribution >= 0.6 is 11.3 Å². The van der Waals surface area contributed by atoms with Crippen LogP contribution in [0.5, 0.6) is 0 Å². The van der Waals surface area contributed by atoms with Crippen molar-refractivity contribution >= 4 is 33.1 Å². The molecule has 0 bridgehead atoms. The van der Waals surface area contributed by atoms with Gasteiger partial charge < -0.3 is 10.1 Å². The molecule has 1 amide bonds. The van der Waals surface area contributed by atoms with Gasteiger partial charge in [-0.3, -0.25) is 4.79 Å². The average Bonchev–Trinajstić information content (AvgIpc) is 2.95. The van der Waals surface area contributed by atoms with Gasteiger partial charge in [0.25, 0.3) is 5.91 Å². The highest BCUT2D eigenvalue weighted by Gasteiger charge is 2.23. The zero-order chi connectivity index (χ0) is 12.5. The highest BCUT2D eigenvalue weighted by Crippen LogP contribution is 2.25. The average molecular weight is 262 g/mol. The van der Waals surface area contributed by atoms with E-state index in [1.807, 2.05) is 25.1 Å². The SMILES string of the molecule is Cc1nc2cc(NC(=O)C3CCCO3)ccc2s1. The summed E-state index contributed by atoms with van der Waals surface area (Å²) in [6.07, 6.45) is 1.48. The van der Waals surface area contributed by atoms with Gasteiger partial charge in [-0.15, -0.1) is 11.3 Å². The molecule has 0 aliphatic carbocycles. The number of fused-ring (bicyclic) bond motifs is 1. The fourth-order valence-corrected chi connectivity index (χ4v) is 2.94. The topological polar surface area (TPSA) is 51.2 Å². The van der Waals surface area contributed by atoms with Crippen molar-refractivity contribution in [2.24, 2.45) is 0 Å². The van der Waals surface area contributed by atoms with Crippen molar-refractivity contribution in [3.63, 3.8) is 0 Å². The first-order valence-electron chi connectivity index (χ1n) is 6.02. The van der Waals surface area contributed by atoms with Crippen LogP contribution in [0.2, 0.25) is 0 Å². The monoisotopic (exact) mass is 262 g/mol. The zero-order valence-electron chi connectivity index (χ0n) is 10.1. The molecule has 0 saturated carbocycles. The second-order valence-corrected chi connectivity index (χ2v) is 5.64. The van der Waals surface area contributed by atoms with Crippen LogP contribution < -0.4 is 5.32 Å². The number of hydrogen-bond acceptors (Lipinski definition) is 4. The number of aryl methyl sites for hydroxylation is 1. The molecule has 5 heteroatoms. The van der Waals surface area contributed by atoms with E-state index in [2.05, 4.69) is 10.3 Å². The van der Waals surface area contributed by atoms with Crippen LogP contribution in [-0.2, 0) is 9.53 Å². The number of aromatic nitrogens is 1. The Bertz CT molecular complexity index is 588. The van der Waals surface area contributed by atoms with Crippen molar-refractivity contribution in [3.05, 3.63) is 23.2 Å². The van der Waals surface area contributed by atoms with Gasteiger partial charge in [0.2, 0.25) is 0 Å². The van der Waals surface area contributed by atoms with Gasteiger partial charge in [-0.05, 0) is 38.0 Å². The first-order chi connectivity index (χ1) is 8.72. The summed E-state index contributed by atoms with van der Waals surface area (Å²) in [5.74, 6) is -0.0567. The van der Waals surface area contributed by atoms with Crippen LogP contribution in [0.3, 0.4) is 0 Å². The van der Waals surface area contributed by atoms with E-state index in [4.69, 9.17) is 4.74 Å². The fourth-order valence-electron chi connectivity index (χ4n) is 2.13. The maximum absolute atomic E-state index is 11.9. The molecule has 1 saturated heterocycles. The minimum absolute atomic E-state index is 0.0567. The minimum Gasteiger partial charge on any atom is -0.368 e. The number of nitrogens with one attached hydrogen (secondary N) is 1. The van der Waals surface area contributed by atoms with E-state index in [0.717, 1.165) is 33.8 Å². The number of carbonyl (C=O) groups is 1. The van der Waals surface area contributed by atoms with E-state index in [1.54, 1.807) is 11.3 Å². The number of anilines is 1. The number of thiazole rings is 1. The van der Waals surface area contributed by atoms with Gasteiger partial charge in [0.05, 0.1) is 15.2 Å². The molecule has 1 aromatic heterocycles. The lowest BCUT2D eigenvalue weighted by atomic mass is 10.2. The second kappa shape index (κ2) is 4.66. The van der Waals surface area contributed by atoms with E-state index < -0.39 is 0 Å². The largest absolute Gasteiger partial charge is 0.368 e. The van der Waals surface area contributed by atoms with Gasteiger partial charge in [-0.2, -0.15) is 0 Å². The molecule has 1 aromatic carbocycles. The van der Waals surface area contributed by atoms with E-state index in [-0.39, 0.29) is 12.0 Å². The van der Waals surface area contributed by atoms with Gasteiger partial charge in [0.1, 0.15) is 6.10 Å². The van der Waals surface area contributed by atoms with Crippen LogP contribution in [0, 0.1) is 6.92 Å². The van der Waals surface area contributed by atoms with Crippen LogP contribution in [0.4, 0.5) is 5.69 Å². The Balaban J connectivity index is 1.79. The molecule has 3 rings (SSSR count). The van der Waals surface area contributed by atoms with Crippen molar-refractivity contribution in [1.29, 1.82) is 0 Å². The van der Waals surface area contributed by atoms with Gasteiger partial charge >= 0.3 is 0 Å². The molecule has 4 nitrogen and oxygen atoms in total. The van der Waals surface area contributed by atoms with Gasteiger partial charge in [-0.25, -0.2) is 4.98 Å². The minimum atomic E-state index is -0.294.